The van der Waals surface area contributed by atoms with Crippen LogP contribution in [0.3, 0.4) is 0 Å². The Balaban J connectivity index is 1.50. The third-order valence-corrected chi connectivity index (χ3v) is 13.1. The highest BCUT2D eigenvalue weighted by atomic mass is 28.3. The number of benzene rings is 1. The molecule has 0 radical (unpaired) electrons. The van der Waals surface area contributed by atoms with E-state index in [0.717, 1.165) is 82.9 Å². The molecule has 0 spiro atoms. The molecule has 12 heteroatoms. The summed E-state index contributed by atoms with van der Waals surface area (Å²) in [5.41, 5.74) is 6.29. The lowest BCUT2D eigenvalue weighted by atomic mass is 9.82. The largest absolute Gasteiger partial charge is 0.444 e. The number of nitrogens with one attached hydrogen (secondary N) is 1. The van der Waals surface area contributed by atoms with Crippen LogP contribution in [-0.2, 0) is 14.2 Å². The molecular weight excluding hydrogens is 697 g/mol. The quantitative estimate of drug-likeness (QED) is 0.0727. The van der Waals surface area contributed by atoms with Crippen molar-refractivity contribution in [1.29, 1.82) is 0 Å². The van der Waals surface area contributed by atoms with E-state index in [1.807, 2.05) is 55.9 Å². The summed E-state index contributed by atoms with van der Waals surface area (Å²) in [6.45, 7) is 24.3. The molecule has 1 amide bonds. The summed E-state index contributed by atoms with van der Waals surface area (Å²) in [4.78, 5) is 25.0. The van der Waals surface area contributed by atoms with Crippen molar-refractivity contribution in [3.05, 3.63) is 66.1 Å². The normalized spacial score (nSPS) is 16.9. The van der Waals surface area contributed by atoms with E-state index in [-0.39, 0.29) is 18.1 Å². The van der Waals surface area contributed by atoms with Gasteiger partial charge in [-0.15, -0.1) is 0 Å². The molecule has 1 fully saturated rings. The molecular formula is C41H62N6O4Si2. The van der Waals surface area contributed by atoms with E-state index in [9.17, 15) is 4.79 Å². The number of hydrogen-bond donors (Lipinski definition) is 1. The molecule has 5 rings (SSSR count). The Morgan fingerprint density at radius 3 is 2.04 bits per heavy atom. The van der Waals surface area contributed by atoms with Crippen LogP contribution in [0.5, 0.6) is 0 Å². The second kappa shape index (κ2) is 17.3. The lowest BCUT2D eigenvalue weighted by Gasteiger charge is -2.32. The highest BCUT2D eigenvalue weighted by molar-refractivity contribution is 6.76. The maximum absolute atomic E-state index is 12.6. The minimum absolute atomic E-state index is 0.0698. The number of ether oxygens (including phenoxy) is 3. The third kappa shape index (κ3) is 11.7. The number of fused-ring (bicyclic) bond motifs is 1. The zero-order valence-electron chi connectivity index (χ0n) is 33.8. The van der Waals surface area contributed by atoms with E-state index in [2.05, 4.69) is 80.7 Å². The van der Waals surface area contributed by atoms with Gasteiger partial charge in [-0.3, -0.25) is 4.98 Å². The molecule has 0 bridgehead atoms. The zero-order chi connectivity index (χ0) is 38.4. The predicted octanol–water partition coefficient (Wildman–Crippen LogP) is 9.75. The summed E-state index contributed by atoms with van der Waals surface area (Å²) in [5.74, 6) is 1.17. The van der Waals surface area contributed by atoms with E-state index in [1.54, 1.807) is 0 Å². The van der Waals surface area contributed by atoms with Crippen LogP contribution in [0.2, 0.25) is 51.4 Å². The van der Waals surface area contributed by atoms with Gasteiger partial charge in [0.2, 0.25) is 0 Å². The Labute approximate surface area is 319 Å². The van der Waals surface area contributed by atoms with Gasteiger partial charge in [-0.2, -0.15) is 9.61 Å². The first-order valence-electron chi connectivity index (χ1n) is 19.3. The molecule has 3 aromatic heterocycles. The SMILES string of the molecule is Cc1c(C2CCC(NC(=O)OC(C)(C)C)CC2)nc2c(-c3ccc(-c4ccccc4)nc3)cnn2c1N(COCC[Si](C)(C)C)COCC[Si](C)(C)C. The lowest BCUT2D eigenvalue weighted by Crippen LogP contribution is -2.40. The van der Waals surface area contributed by atoms with Gasteiger partial charge < -0.3 is 24.4 Å². The van der Waals surface area contributed by atoms with Crippen LogP contribution in [0, 0.1) is 6.92 Å². The van der Waals surface area contributed by atoms with Crippen molar-refractivity contribution in [2.75, 3.05) is 31.6 Å². The van der Waals surface area contributed by atoms with Crippen molar-refractivity contribution in [3.8, 4) is 22.4 Å². The molecule has 0 aliphatic heterocycles. The second-order valence-electron chi connectivity index (χ2n) is 18.0. The molecule has 0 unspecified atom stereocenters. The monoisotopic (exact) mass is 758 g/mol. The van der Waals surface area contributed by atoms with Crippen molar-refractivity contribution in [1.82, 2.24) is 24.9 Å². The molecule has 1 aliphatic carbocycles. The minimum atomic E-state index is -1.27. The Hall–Kier alpha value is -3.59. The Kier molecular flexibility index (Phi) is 13.2. The van der Waals surface area contributed by atoms with Crippen molar-refractivity contribution >= 4 is 33.7 Å². The van der Waals surface area contributed by atoms with Crippen molar-refractivity contribution < 1.29 is 19.0 Å². The number of pyridine rings is 1. The van der Waals surface area contributed by atoms with Crippen molar-refractivity contribution in [3.63, 3.8) is 0 Å². The average Bonchev–Trinajstić information content (AvgIpc) is 3.50. The molecule has 1 N–H and O–H groups in total. The van der Waals surface area contributed by atoms with E-state index in [0.29, 0.717) is 26.7 Å². The van der Waals surface area contributed by atoms with Gasteiger partial charge in [-0.25, -0.2) is 9.78 Å². The van der Waals surface area contributed by atoms with Gasteiger partial charge in [-0.1, -0.05) is 75.7 Å². The third-order valence-electron chi connectivity index (χ3n) is 9.66. The molecule has 288 valence electrons. The smallest absolute Gasteiger partial charge is 0.407 e. The number of amides is 1. The number of anilines is 1. The van der Waals surface area contributed by atoms with E-state index >= 15 is 0 Å². The maximum Gasteiger partial charge on any atom is 0.407 e. The molecule has 1 aliphatic rings. The number of aromatic nitrogens is 4. The van der Waals surface area contributed by atoms with Gasteiger partial charge in [0.05, 0.1) is 17.6 Å². The molecule has 53 heavy (non-hydrogen) atoms. The van der Waals surface area contributed by atoms with Crippen LogP contribution in [-0.4, -0.2) is 80.1 Å². The van der Waals surface area contributed by atoms with E-state index < -0.39 is 21.7 Å². The van der Waals surface area contributed by atoms with Gasteiger partial charge in [-0.05, 0) is 71.5 Å². The van der Waals surface area contributed by atoms with Crippen LogP contribution < -0.4 is 10.2 Å². The first-order chi connectivity index (χ1) is 25.0. The second-order valence-corrected chi connectivity index (χ2v) is 29.2. The average molecular weight is 759 g/mol. The fraction of sp³-hybridized carbons (Fsp3) is 0.561. The van der Waals surface area contributed by atoms with Gasteiger partial charge in [0.15, 0.2) is 5.65 Å². The molecule has 3 heterocycles. The van der Waals surface area contributed by atoms with Crippen LogP contribution >= 0.6 is 0 Å². The first-order valence-corrected chi connectivity index (χ1v) is 26.7. The summed E-state index contributed by atoms with van der Waals surface area (Å²) in [7, 11) is -2.55. The number of nitrogens with zero attached hydrogens (tertiary/aromatic N) is 5. The summed E-state index contributed by atoms with van der Waals surface area (Å²) < 4.78 is 20.3. The van der Waals surface area contributed by atoms with Gasteiger partial charge in [0.1, 0.15) is 24.9 Å². The summed E-state index contributed by atoms with van der Waals surface area (Å²) in [6, 6.07) is 16.6. The molecule has 10 nitrogen and oxygen atoms in total. The highest BCUT2D eigenvalue weighted by Gasteiger charge is 2.30. The van der Waals surface area contributed by atoms with Gasteiger partial charge in [0.25, 0.3) is 0 Å². The van der Waals surface area contributed by atoms with Crippen LogP contribution in [0.4, 0.5) is 10.6 Å². The highest BCUT2D eigenvalue weighted by Crippen LogP contribution is 2.39. The molecule has 1 saturated carbocycles. The fourth-order valence-electron chi connectivity index (χ4n) is 6.63. The van der Waals surface area contributed by atoms with Crippen LogP contribution in [0.1, 0.15) is 63.6 Å². The molecule has 4 aromatic rings. The number of rotatable bonds is 15. The van der Waals surface area contributed by atoms with E-state index in [1.165, 1.54) is 0 Å². The van der Waals surface area contributed by atoms with Gasteiger partial charge >= 0.3 is 6.09 Å². The standard InChI is InChI=1S/C41H62N6O4Si2/c1-30-37(32-16-19-34(20-17-32)44-40(48)51-41(2,3)4)45-38-35(33-18-21-36(42-26-33)31-14-12-11-13-15-31)27-43-47(38)39(30)46(28-49-22-24-52(5,6)7)29-50-23-25-53(8,9)10/h11-15,18,21,26-27,32,34H,16-17,19-20,22-25,28-29H2,1-10H3,(H,44,48). The Morgan fingerprint density at radius 2 is 1.49 bits per heavy atom. The number of hydrogen-bond acceptors (Lipinski definition) is 8. The zero-order valence-corrected chi connectivity index (χ0v) is 35.8. The minimum Gasteiger partial charge on any atom is -0.444 e. The van der Waals surface area contributed by atoms with Crippen LogP contribution in [0.25, 0.3) is 28.0 Å². The molecule has 0 saturated heterocycles. The topological polar surface area (TPSA) is 103 Å². The van der Waals surface area contributed by atoms with Gasteiger partial charge in [0, 0.05) is 69.8 Å². The first kappa shape index (κ1) is 40.6. The summed E-state index contributed by atoms with van der Waals surface area (Å²) in [6.07, 6.45) is 6.99. The van der Waals surface area contributed by atoms with Crippen molar-refractivity contribution in [2.24, 2.45) is 0 Å². The predicted molar refractivity (Wildman–Crippen MR) is 221 cm³/mol. The maximum atomic E-state index is 12.6. The fourth-order valence-corrected chi connectivity index (χ4v) is 8.15. The van der Waals surface area contributed by atoms with E-state index in [4.69, 9.17) is 29.3 Å². The number of alkyl carbamates (subject to hydrolysis) is 1. The van der Waals surface area contributed by atoms with Crippen molar-refractivity contribution in [2.45, 2.75) is 122 Å². The summed E-state index contributed by atoms with van der Waals surface area (Å²) in [5, 5.41) is 8.08. The number of carbonyl (C=O) groups excluding carboxylic acids is 1. The molecule has 0 atom stereocenters. The Morgan fingerprint density at radius 1 is 0.868 bits per heavy atom. The number of carbonyl (C=O) groups is 1. The van der Waals surface area contributed by atoms with Crippen LogP contribution in [0.15, 0.2) is 54.9 Å². The lowest BCUT2D eigenvalue weighted by molar-refractivity contribution is 0.0491. The summed E-state index contributed by atoms with van der Waals surface area (Å²) >= 11 is 0. The Bertz CT molecular complexity index is 1770. The molecule has 1 aromatic carbocycles.